The van der Waals surface area contributed by atoms with Crippen molar-refractivity contribution in [1.29, 1.82) is 0 Å². The maximum absolute atomic E-state index is 13.3. The monoisotopic (exact) mass is 438 g/mol. The Morgan fingerprint density at radius 1 is 1.10 bits per heavy atom. The summed E-state index contributed by atoms with van der Waals surface area (Å²) in [4.78, 5) is 0. The van der Waals surface area contributed by atoms with Gasteiger partial charge in [-0.3, -0.25) is 4.72 Å². The van der Waals surface area contributed by atoms with Crippen LogP contribution in [0.5, 0.6) is 0 Å². The number of aromatic nitrogens is 2. The lowest BCUT2D eigenvalue weighted by atomic mass is 9.75. The minimum Gasteiger partial charge on any atom is -0.271 e. The van der Waals surface area contributed by atoms with Crippen molar-refractivity contribution in [2.24, 2.45) is 5.92 Å². The second kappa shape index (κ2) is 7.62. The van der Waals surface area contributed by atoms with Gasteiger partial charge < -0.3 is 0 Å². The Morgan fingerprint density at radius 2 is 1.84 bits per heavy atom. The summed E-state index contributed by atoms with van der Waals surface area (Å²) in [7, 11) is -3.63. The number of hydrogen-bond donors (Lipinski definition) is 1. The topological polar surface area (TPSA) is 67.2 Å². The fraction of sp³-hybridized carbons (Fsp3) is 0.261. The van der Waals surface area contributed by atoms with Gasteiger partial charge in [-0.15, -0.1) is 0 Å². The zero-order valence-electron chi connectivity index (χ0n) is 17.1. The first-order valence-corrected chi connectivity index (χ1v) is 11.7. The number of fused-ring (bicyclic) bond motifs is 2. The van der Waals surface area contributed by atoms with E-state index in [1.54, 1.807) is 36.4 Å². The number of rotatable bonds is 4. The molecule has 1 aliphatic carbocycles. The lowest BCUT2D eigenvalue weighted by molar-refractivity contribution is 0.301. The van der Waals surface area contributed by atoms with Crippen LogP contribution in [0.2, 0.25) is 0 Å². The van der Waals surface area contributed by atoms with E-state index in [9.17, 15) is 12.8 Å². The summed E-state index contributed by atoms with van der Waals surface area (Å²) < 4.78 is 45.3. The molecule has 1 fully saturated rings. The first kappa shape index (κ1) is 20.0. The fourth-order valence-electron chi connectivity index (χ4n) is 4.51. The number of para-hydroxylation sites is 1. The van der Waals surface area contributed by atoms with Gasteiger partial charge in [-0.05, 0) is 54.8 Å². The highest BCUT2D eigenvalue weighted by molar-refractivity contribution is 7.90. The van der Waals surface area contributed by atoms with E-state index in [1.165, 1.54) is 22.0 Å². The lowest BCUT2D eigenvalue weighted by Gasteiger charge is -2.39. The van der Waals surface area contributed by atoms with Crippen molar-refractivity contribution in [3.8, 4) is 5.69 Å². The number of hydrogen-bond acceptors (Lipinski definition) is 3. The van der Waals surface area contributed by atoms with E-state index >= 15 is 0 Å². The average molecular weight is 439 g/mol. The number of halogens is 1. The summed E-state index contributed by atoms with van der Waals surface area (Å²) in [6.07, 6.45) is 4.63. The Labute approximate surface area is 181 Å². The van der Waals surface area contributed by atoms with Crippen LogP contribution in [0, 0.1) is 11.7 Å². The Bertz CT molecular complexity index is 1240. The van der Waals surface area contributed by atoms with Crippen molar-refractivity contribution in [1.82, 2.24) is 14.1 Å². The summed E-state index contributed by atoms with van der Waals surface area (Å²) in [5.74, 6) is -0.0624. The van der Waals surface area contributed by atoms with Crippen molar-refractivity contribution < 1.29 is 12.8 Å². The van der Waals surface area contributed by atoms with Gasteiger partial charge >= 0.3 is 10.2 Å². The Hall–Kier alpha value is -2.97. The molecule has 0 radical (unpaired) electrons. The van der Waals surface area contributed by atoms with Crippen LogP contribution < -0.4 is 4.72 Å². The molecule has 1 aliphatic heterocycles. The highest BCUT2D eigenvalue weighted by atomic mass is 32.2. The van der Waals surface area contributed by atoms with Crippen molar-refractivity contribution >= 4 is 22.0 Å². The Kier molecular flexibility index (Phi) is 4.91. The molecule has 1 saturated heterocycles. The molecule has 8 heteroatoms. The van der Waals surface area contributed by atoms with Crippen molar-refractivity contribution in [3.63, 3.8) is 0 Å². The van der Waals surface area contributed by atoms with E-state index in [4.69, 9.17) is 0 Å². The van der Waals surface area contributed by atoms with E-state index in [0.717, 1.165) is 16.9 Å². The van der Waals surface area contributed by atoms with E-state index in [-0.39, 0.29) is 17.7 Å². The minimum absolute atomic E-state index is 0.0967. The third kappa shape index (κ3) is 3.66. The van der Waals surface area contributed by atoms with Gasteiger partial charge in [-0.1, -0.05) is 30.7 Å². The van der Waals surface area contributed by atoms with Crippen LogP contribution in [0.1, 0.15) is 30.5 Å². The molecule has 2 aromatic carbocycles. The summed E-state index contributed by atoms with van der Waals surface area (Å²) in [5.41, 5.74) is 4.66. The fourth-order valence-corrected chi connectivity index (χ4v) is 5.76. The third-order valence-electron chi connectivity index (χ3n) is 6.21. The average Bonchev–Trinajstić information content (AvgIpc) is 3.19. The molecule has 160 valence electrons. The normalized spacial score (nSPS) is 21.2. The van der Waals surface area contributed by atoms with E-state index < -0.39 is 10.2 Å². The molecule has 3 aromatic rings. The largest absolute Gasteiger partial charge is 0.301 e. The first-order chi connectivity index (χ1) is 14.9. The van der Waals surface area contributed by atoms with E-state index in [1.807, 2.05) is 16.9 Å². The number of benzene rings is 2. The molecule has 0 bridgehead atoms. The van der Waals surface area contributed by atoms with Crippen LogP contribution in [0.4, 0.5) is 10.1 Å². The maximum Gasteiger partial charge on any atom is 0.301 e. The van der Waals surface area contributed by atoms with Gasteiger partial charge in [0.2, 0.25) is 0 Å². The maximum atomic E-state index is 13.3. The Balaban J connectivity index is 1.41. The Morgan fingerprint density at radius 3 is 2.58 bits per heavy atom. The van der Waals surface area contributed by atoms with Gasteiger partial charge in [0.1, 0.15) is 5.82 Å². The van der Waals surface area contributed by atoms with Gasteiger partial charge in [0, 0.05) is 30.3 Å². The van der Waals surface area contributed by atoms with Crippen LogP contribution in [0.15, 0.2) is 66.4 Å². The van der Waals surface area contributed by atoms with Crippen molar-refractivity contribution in [2.45, 2.75) is 19.3 Å². The van der Waals surface area contributed by atoms with Crippen LogP contribution in [0.3, 0.4) is 0 Å². The second-order valence-corrected chi connectivity index (χ2v) is 9.74. The summed E-state index contributed by atoms with van der Waals surface area (Å²) in [6, 6.07) is 15.2. The van der Waals surface area contributed by atoms with Gasteiger partial charge in [-0.2, -0.15) is 17.8 Å². The first-order valence-electron chi connectivity index (χ1n) is 10.3. The third-order valence-corrected chi connectivity index (χ3v) is 7.72. The molecule has 1 N–H and O–H groups in total. The molecular weight excluding hydrogens is 415 g/mol. The predicted molar refractivity (Wildman–Crippen MR) is 119 cm³/mol. The quantitative estimate of drug-likeness (QED) is 0.664. The van der Waals surface area contributed by atoms with Crippen LogP contribution >= 0.6 is 0 Å². The minimum atomic E-state index is -3.63. The lowest BCUT2D eigenvalue weighted by Crippen LogP contribution is -2.45. The molecule has 1 aromatic heterocycles. The summed E-state index contributed by atoms with van der Waals surface area (Å²) >= 11 is 0. The molecule has 6 nitrogen and oxygen atoms in total. The molecule has 0 amide bonds. The molecule has 0 unspecified atom stereocenters. The van der Waals surface area contributed by atoms with Crippen LogP contribution in [-0.4, -0.2) is 35.6 Å². The standard InChI is InChI=1S/C23H23FN4O2S/c1-16-21-14-25-28(20-9-7-18(24)8-10-20)23(21)13-17-11-12-27(15-22(16)17)31(29,30)26-19-5-3-2-4-6-19/h2-10,13-14,16,22,26H,11-12,15H2,1H3/t16-,22-/m0/s1. The molecule has 5 rings (SSSR count). The van der Waals surface area contributed by atoms with Crippen molar-refractivity contribution in [3.05, 3.63) is 83.4 Å². The van der Waals surface area contributed by atoms with E-state index in [0.29, 0.717) is 25.2 Å². The molecule has 2 heterocycles. The summed E-state index contributed by atoms with van der Waals surface area (Å²) in [6.45, 7) is 2.97. The number of anilines is 1. The molecule has 0 spiro atoms. The zero-order valence-corrected chi connectivity index (χ0v) is 17.9. The van der Waals surface area contributed by atoms with Gasteiger partial charge in [-0.25, -0.2) is 9.07 Å². The molecule has 31 heavy (non-hydrogen) atoms. The molecule has 0 saturated carbocycles. The number of nitrogens with one attached hydrogen (secondary N) is 1. The van der Waals surface area contributed by atoms with Gasteiger partial charge in [0.05, 0.1) is 17.6 Å². The smallest absolute Gasteiger partial charge is 0.271 e. The van der Waals surface area contributed by atoms with Crippen molar-refractivity contribution in [2.75, 3.05) is 17.8 Å². The highest BCUT2D eigenvalue weighted by Gasteiger charge is 2.38. The van der Waals surface area contributed by atoms with Gasteiger partial charge in [0.25, 0.3) is 0 Å². The predicted octanol–water partition coefficient (Wildman–Crippen LogP) is 4.19. The summed E-state index contributed by atoms with van der Waals surface area (Å²) in [5, 5.41) is 4.54. The number of piperidine rings is 1. The van der Waals surface area contributed by atoms with Crippen LogP contribution in [0.25, 0.3) is 11.8 Å². The molecule has 2 aliphatic rings. The van der Waals surface area contributed by atoms with E-state index in [2.05, 4.69) is 22.8 Å². The highest BCUT2D eigenvalue weighted by Crippen LogP contribution is 2.43. The SMILES string of the molecule is C[C@H]1c2cnn(-c3ccc(F)cc3)c2C=C2CCN(S(=O)(=O)Nc3ccccc3)C[C@H]21. The molecule has 2 atom stereocenters. The number of nitrogens with zero attached hydrogens (tertiary/aromatic N) is 3. The second-order valence-electron chi connectivity index (χ2n) is 8.07. The zero-order chi connectivity index (χ0) is 21.6. The molecular formula is C23H23FN4O2S. The van der Waals surface area contributed by atoms with Gasteiger partial charge in [0.15, 0.2) is 0 Å². The van der Waals surface area contributed by atoms with Crippen LogP contribution in [-0.2, 0) is 10.2 Å².